The molecule has 17 heavy (non-hydrogen) atoms. The maximum atomic E-state index is 12.2. The number of alkyl halides is 3. The van der Waals surface area contributed by atoms with Crippen LogP contribution in [-0.4, -0.2) is 26.2 Å². The van der Waals surface area contributed by atoms with Crippen LogP contribution in [0.5, 0.6) is 5.75 Å². The third kappa shape index (κ3) is 3.65. The molecule has 0 N–H and O–H groups in total. The van der Waals surface area contributed by atoms with E-state index in [-0.39, 0.29) is 5.56 Å². The Labute approximate surface area is 96.8 Å². The van der Waals surface area contributed by atoms with Gasteiger partial charge in [0, 0.05) is 25.8 Å². The monoisotopic (exact) mass is 247 g/mol. The molecule has 1 aromatic carbocycles. The lowest BCUT2D eigenvalue weighted by atomic mass is 10.1. The third-order valence-corrected chi connectivity index (χ3v) is 2.09. The Kier molecular flexibility index (Phi) is 3.65. The molecule has 1 aromatic rings. The highest BCUT2D eigenvalue weighted by molar-refractivity contribution is 5.97. The number of hydrogen-bond acceptors (Lipinski definition) is 3. The number of rotatable bonds is 3. The molecule has 0 aromatic heterocycles. The lowest BCUT2D eigenvalue weighted by molar-refractivity contribution is -0.274. The van der Waals surface area contributed by atoms with Gasteiger partial charge in [-0.05, 0) is 19.1 Å². The Morgan fingerprint density at radius 1 is 1.29 bits per heavy atom. The molecule has 0 spiro atoms. The van der Waals surface area contributed by atoms with E-state index in [1.165, 1.54) is 19.1 Å². The van der Waals surface area contributed by atoms with Gasteiger partial charge in [-0.1, -0.05) is 0 Å². The fourth-order valence-electron chi connectivity index (χ4n) is 1.29. The average Bonchev–Trinajstić information content (AvgIpc) is 2.14. The molecule has 0 aliphatic carbocycles. The number of ketones is 1. The van der Waals surface area contributed by atoms with E-state index in [0.29, 0.717) is 5.69 Å². The highest BCUT2D eigenvalue weighted by Gasteiger charge is 2.32. The van der Waals surface area contributed by atoms with Gasteiger partial charge in [0.15, 0.2) is 5.78 Å². The molecule has 94 valence electrons. The molecule has 0 bridgehead atoms. The highest BCUT2D eigenvalue weighted by Crippen LogP contribution is 2.30. The molecule has 0 radical (unpaired) electrons. The van der Waals surface area contributed by atoms with Crippen molar-refractivity contribution in [3.8, 4) is 5.75 Å². The minimum atomic E-state index is -4.81. The zero-order valence-corrected chi connectivity index (χ0v) is 9.63. The standard InChI is InChI=1S/C11H12F3NO2/c1-7(16)9-5-4-8(15(2)3)6-10(9)17-11(12,13)14/h4-6H,1-3H3. The number of nitrogens with zero attached hydrogens (tertiary/aromatic N) is 1. The van der Waals surface area contributed by atoms with Gasteiger partial charge in [0.25, 0.3) is 0 Å². The summed E-state index contributed by atoms with van der Waals surface area (Å²) in [7, 11) is 3.36. The van der Waals surface area contributed by atoms with E-state index in [0.717, 1.165) is 0 Å². The summed E-state index contributed by atoms with van der Waals surface area (Å²) in [5.74, 6) is -0.953. The number of carbonyl (C=O) groups is 1. The van der Waals surface area contributed by atoms with Crippen molar-refractivity contribution < 1.29 is 22.7 Å². The van der Waals surface area contributed by atoms with Gasteiger partial charge in [-0.2, -0.15) is 0 Å². The molecule has 3 nitrogen and oxygen atoms in total. The van der Waals surface area contributed by atoms with Crippen LogP contribution in [0, 0.1) is 0 Å². The molecule has 1 rings (SSSR count). The second kappa shape index (κ2) is 4.65. The summed E-state index contributed by atoms with van der Waals surface area (Å²) in [6.45, 7) is 1.19. The van der Waals surface area contributed by atoms with E-state index in [4.69, 9.17) is 0 Å². The number of benzene rings is 1. The van der Waals surface area contributed by atoms with Crippen LogP contribution in [-0.2, 0) is 0 Å². The van der Waals surface area contributed by atoms with Crippen LogP contribution >= 0.6 is 0 Å². The summed E-state index contributed by atoms with van der Waals surface area (Å²) in [5, 5.41) is 0. The minimum absolute atomic E-state index is 0.0899. The summed E-state index contributed by atoms with van der Waals surface area (Å²) < 4.78 is 40.3. The van der Waals surface area contributed by atoms with Gasteiger partial charge in [0.05, 0.1) is 5.56 Å². The SMILES string of the molecule is CC(=O)c1ccc(N(C)C)cc1OC(F)(F)F. The second-order valence-corrected chi connectivity index (χ2v) is 3.68. The predicted molar refractivity (Wildman–Crippen MR) is 57.5 cm³/mol. The lowest BCUT2D eigenvalue weighted by Gasteiger charge is -2.17. The molecular formula is C11H12F3NO2. The first-order chi connectivity index (χ1) is 7.70. The first-order valence-electron chi connectivity index (χ1n) is 4.79. The normalized spacial score (nSPS) is 11.2. The van der Waals surface area contributed by atoms with Crippen LogP contribution in [0.2, 0.25) is 0 Å². The van der Waals surface area contributed by atoms with Crippen molar-refractivity contribution >= 4 is 11.5 Å². The zero-order valence-electron chi connectivity index (χ0n) is 9.63. The summed E-state index contributed by atoms with van der Waals surface area (Å²) in [5.41, 5.74) is 0.433. The molecule has 0 amide bonds. The minimum Gasteiger partial charge on any atom is -0.405 e. The average molecular weight is 247 g/mol. The van der Waals surface area contributed by atoms with E-state index in [9.17, 15) is 18.0 Å². The summed E-state index contributed by atoms with van der Waals surface area (Å²) in [6.07, 6.45) is -4.81. The molecule has 6 heteroatoms. The van der Waals surface area contributed by atoms with Crippen molar-refractivity contribution in [2.45, 2.75) is 13.3 Å². The van der Waals surface area contributed by atoms with Crippen molar-refractivity contribution in [1.82, 2.24) is 0 Å². The number of halogens is 3. The number of ether oxygens (including phenoxy) is 1. The number of carbonyl (C=O) groups excluding carboxylic acids is 1. The van der Waals surface area contributed by atoms with E-state index in [1.54, 1.807) is 25.1 Å². The topological polar surface area (TPSA) is 29.5 Å². The van der Waals surface area contributed by atoms with Crippen molar-refractivity contribution in [2.75, 3.05) is 19.0 Å². The number of anilines is 1. The third-order valence-electron chi connectivity index (χ3n) is 2.09. The fourth-order valence-corrected chi connectivity index (χ4v) is 1.29. The van der Waals surface area contributed by atoms with E-state index in [2.05, 4.69) is 4.74 Å². The second-order valence-electron chi connectivity index (χ2n) is 3.68. The van der Waals surface area contributed by atoms with Crippen LogP contribution in [0.25, 0.3) is 0 Å². The van der Waals surface area contributed by atoms with Gasteiger partial charge in [0.1, 0.15) is 5.75 Å². The smallest absolute Gasteiger partial charge is 0.405 e. The Bertz CT molecular complexity index is 427. The van der Waals surface area contributed by atoms with Gasteiger partial charge in [-0.25, -0.2) is 0 Å². The molecule has 0 saturated carbocycles. The number of Topliss-reactive ketones (excluding diaryl/α,β-unsaturated/α-hetero) is 1. The molecule has 0 atom stereocenters. The van der Waals surface area contributed by atoms with Crippen LogP contribution in [0.15, 0.2) is 18.2 Å². The zero-order chi connectivity index (χ0) is 13.2. The summed E-state index contributed by atoms with van der Waals surface area (Å²) in [6, 6.07) is 4.06. The van der Waals surface area contributed by atoms with Crippen LogP contribution in [0.3, 0.4) is 0 Å². The van der Waals surface area contributed by atoms with Gasteiger partial charge in [-0.3, -0.25) is 4.79 Å². The van der Waals surface area contributed by atoms with E-state index < -0.39 is 17.9 Å². The Morgan fingerprint density at radius 2 is 1.88 bits per heavy atom. The summed E-state index contributed by atoms with van der Waals surface area (Å²) in [4.78, 5) is 12.8. The molecular weight excluding hydrogens is 235 g/mol. The fraction of sp³-hybridized carbons (Fsp3) is 0.364. The Morgan fingerprint density at radius 3 is 2.29 bits per heavy atom. The molecule has 0 aliphatic heterocycles. The van der Waals surface area contributed by atoms with Gasteiger partial charge in [-0.15, -0.1) is 13.2 Å². The van der Waals surface area contributed by atoms with E-state index in [1.807, 2.05) is 0 Å². The Balaban J connectivity index is 3.21. The van der Waals surface area contributed by atoms with Gasteiger partial charge >= 0.3 is 6.36 Å². The van der Waals surface area contributed by atoms with Crippen LogP contribution < -0.4 is 9.64 Å². The maximum Gasteiger partial charge on any atom is 0.573 e. The first-order valence-corrected chi connectivity index (χ1v) is 4.79. The molecule has 0 saturated heterocycles. The highest BCUT2D eigenvalue weighted by atomic mass is 19.4. The van der Waals surface area contributed by atoms with Crippen molar-refractivity contribution in [3.05, 3.63) is 23.8 Å². The largest absolute Gasteiger partial charge is 0.573 e. The first kappa shape index (κ1) is 13.3. The lowest BCUT2D eigenvalue weighted by Crippen LogP contribution is -2.19. The van der Waals surface area contributed by atoms with Crippen molar-refractivity contribution in [1.29, 1.82) is 0 Å². The van der Waals surface area contributed by atoms with Crippen LogP contribution in [0.4, 0.5) is 18.9 Å². The van der Waals surface area contributed by atoms with E-state index >= 15 is 0 Å². The maximum absolute atomic E-state index is 12.2. The van der Waals surface area contributed by atoms with Gasteiger partial charge < -0.3 is 9.64 Å². The summed E-state index contributed by atoms with van der Waals surface area (Å²) >= 11 is 0. The Hall–Kier alpha value is -1.72. The van der Waals surface area contributed by atoms with Crippen LogP contribution in [0.1, 0.15) is 17.3 Å². The van der Waals surface area contributed by atoms with Crippen molar-refractivity contribution in [2.24, 2.45) is 0 Å². The number of hydrogen-bond donors (Lipinski definition) is 0. The molecule has 0 unspecified atom stereocenters. The van der Waals surface area contributed by atoms with Gasteiger partial charge in [0.2, 0.25) is 0 Å². The molecule has 0 aliphatic rings. The molecule has 0 fully saturated rings. The molecule has 0 heterocycles. The van der Waals surface area contributed by atoms with Crippen molar-refractivity contribution in [3.63, 3.8) is 0 Å². The quantitative estimate of drug-likeness (QED) is 0.769. The predicted octanol–water partition coefficient (Wildman–Crippen LogP) is 2.85.